The predicted molar refractivity (Wildman–Crippen MR) is 136 cm³/mol. The third-order valence-electron chi connectivity index (χ3n) is 6.02. The van der Waals surface area contributed by atoms with Crippen LogP contribution in [0, 0.1) is 16.7 Å². The molecule has 2 aromatic carbocycles. The predicted octanol–water partition coefficient (Wildman–Crippen LogP) is 4.46. The highest BCUT2D eigenvalue weighted by Gasteiger charge is 2.38. The maximum absolute atomic E-state index is 13.6. The Bertz CT molecular complexity index is 1550. The number of halogens is 3. The van der Waals surface area contributed by atoms with Gasteiger partial charge < -0.3 is 26.5 Å². The number of aromatic nitrogens is 2. The molecule has 13 heteroatoms. The van der Waals surface area contributed by atoms with Crippen LogP contribution < -0.4 is 16.4 Å². The van der Waals surface area contributed by atoms with E-state index in [2.05, 4.69) is 15.7 Å². The van der Waals surface area contributed by atoms with Crippen molar-refractivity contribution in [3.63, 3.8) is 0 Å². The molecule has 10 nitrogen and oxygen atoms in total. The molecule has 0 aliphatic carbocycles. The Morgan fingerprint density at radius 1 is 1.28 bits per heavy atom. The molecule has 1 unspecified atom stereocenters. The summed E-state index contributed by atoms with van der Waals surface area (Å²) in [6, 6.07) is 9.50. The molecule has 1 amide bonds. The molecule has 1 atom stereocenters. The number of nitriles is 1. The number of amides is 1. The number of nitrogens with one attached hydrogen (secondary N) is 3. The summed E-state index contributed by atoms with van der Waals surface area (Å²) in [7, 11) is 0. The topological polar surface area (TPSA) is 159 Å². The van der Waals surface area contributed by atoms with Gasteiger partial charge in [-0.15, -0.1) is 0 Å². The van der Waals surface area contributed by atoms with Crippen LogP contribution >= 0.6 is 0 Å². The third kappa shape index (κ3) is 5.04. The lowest BCUT2D eigenvalue weighted by molar-refractivity contribution is -0.137. The first-order chi connectivity index (χ1) is 18.5. The van der Waals surface area contributed by atoms with E-state index in [1.807, 2.05) is 6.07 Å². The molecular formula is C26H22F3N7O3. The number of carbonyl (C=O) groups is 2. The van der Waals surface area contributed by atoms with Gasteiger partial charge in [0.05, 0.1) is 17.7 Å². The minimum Gasteiger partial charge on any atom is -0.461 e. The molecule has 39 heavy (non-hydrogen) atoms. The summed E-state index contributed by atoms with van der Waals surface area (Å²) in [6.07, 6.45) is -3.55. The average Bonchev–Trinajstić information content (AvgIpc) is 3.26. The molecule has 1 aromatic heterocycles. The van der Waals surface area contributed by atoms with Gasteiger partial charge in [0.2, 0.25) is 0 Å². The van der Waals surface area contributed by atoms with Crippen molar-refractivity contribution < 1.29 is 27.5 Å². The number of anilines is 3. The summed E-state index contributed by atoms with van der Waals surface area (Å²) in [5.74, 6) is -1.42. The molecule has 0 saturated carbocycles. The van der Waals surface area contributed by atoms with Gasteiger partial charge in [-0.3, -0.25) is 4.79 Å². The van der Waals surface area contributed by atoms with Crippen molar-refractivity contribution in [2.24, 2.45) is 0 Å². The van der Waals surface area contributed by atoms with Crippen molar-refractivity contribution in [3.05, 3.63) is 81.7 Å². The lowest BCUT2D eigenvalue weighted by atomic mass is 9.93. The van der Waals surface area contributed by atoms with E-state index in [4.69, 9.17) is 15.9 Å². The van der Waals surface area contributed by atoms with Crippen molar-refractivity contribution in [2.45, 2.75) is 26.1 Å². The molecule has 1 aliphatic heterocycles. The van der Waals surface area contributed by atoms with E-state index in [0.717, 1.165) is 18.3 Å². The second-order valence-corrected chi connectivity index (χ2v) is 8.48. The van der Waals surface area contributed by atoms with Crippen LogP contribution in [0.1, 0.15) is 52.6 Å². The number of nitrogen functional groups attached to an aromatic ring is 1. The van der Waals surface area contributed by atoms with Crippen LogP contribution in [-0.2, 0) is 15.7 Å². The lowest BCUT2D eigenvalue weighted by Crippen LogP contribution is -2.31. The van der Waals surface area contributed by atoms with Gasteiger partial charge >= 0.3 is 12.1 Å². The van der Waals surface area contributed by atoms with Gasteiger partial charge in [0.1, 0.15) is 23.5 Å². The summed E-state index contributed by atoms with van der Waals surface area (Å²) in [5.41, 5.74) is 6.10. The van der Waals surface area contributed by atoms with Crippen molar-refractivity contribution in [2.75, 3.05) is 23.0 Å². The lowest BCUT2D eigenvalue weighted by Gasteiger charge is -2.30. The Hall–Kier alpha value is -5.12. The second kappa shape index (κ2) is 10.3. The van der Waals surface area contributed by atoms with Crippen molar-refractivity contribution in [1.82, 2.24) is 9.78 Å². The van der Waals surface area contributed by atoms with Crippen LogP contribution in [0.25, 0.3) is 0 Å². The Kier molecular flexibility index (Phi) is 7.13. The fourth-order valence-electron chi connectivity index (χ4n) is 4.19. The number of alkyl halides is 3. The van der Waals surface area contributed by atoms with Crippen LogP contribution in [-0.4, -0.2) is 34.5 Å². The number of fused-ring (bicyclic) bond motifs is 1. The third-order valence-corrected chi connectivity index (χ3v) is 6.02. The number of esters is 1. The molecule has 0 radical (unpaired) electrons. The Labute approximate surface area is 220 Å². The van der Waals surface area contributed by atoms with Crippen molar-refractivity contribution in [1.29, 1.82) is 10.7 Å². The summed E-state index contributed by atoms with van der Waals surface area (Å²) in [6.45, 7) is 3.16. The van der Waals surface area contributed by atoms with Gasteiger partial charge in [-0.05, 0) is 49.7 Å². The molecule has 0 saturated heterocycles. The molecule has 3 aromatic rings. The molecule has 0 bridgehead atoms. The number of nitrogens with two attached hydrogens (primary N) is 1. The minimum atomic E-state index is -4.58. The van der Waals surface area contributed by atoms with E-state index >= 15 is 0 Å². The fourth-order valence-corrected chi connectivity index (χ4v) is 4.19. The highest BCUT2D eigenvalue weighted by molar-refractivity contribution is 6.07. The molecule has 1 aliphatic rings. The number of hydrogen-bond acceptors (Lipinski definition) is 8. The number of ether oxygens (including phenoxy) is 1. The number of hydrogen-bond donors (Lipinski definition) is 4. The molecule has 2 heterocycles. The van der Waals surface area contributed by atoms with E-state index in [1.165, 1.54) is 35.0 Å². The monoisotopic (exact) mass is 537 g/mol. The standard InChI is InChI=1S/C26H22F3N7O3/c1-3-39-25(38)21-18(12-31)23-33-13(2)20(24(37)34-17-8-9-19(32)15(10-17)11-30)22(36(23)35-21)14-4-6-16(7-5-14)26(27,28)29/h4-11,22,30,33H,3,32H2,1-2H3,(H,34,37). The molecule has 200 valence electrons. The number of carbonyl (C=O) groups excluding carboxylic acids is 2. The molecular weight excluding hydrogens is 515 g/mol. The number of rotatable bonds is 6. The summed E-state index contributed by atoms with van der Waals surface area (Å²) < 4.78 is 46.0. The van der Waals surface area contributed by atoms with Crippen molar-refractivity contribution >= 4 is 35.3 Å². The largest absolute Gasteiger partial charge is 0.461 e. The molecule has 0 spiro atoms. The van der Waals surface area contributed by atoms with Gasteiger partial charge in [0.25, 0.3) is 5.91 Å². The first-order valence-electron chi connectivity index (χ1n) is 11.6. The zero-order valence-electron chi connectivity index (χ0n) is 20.7. The van der Waals surface area contributed by atoms with E-state index < -0.39 is 29.7 Å². The Balaban J connectivity index is 1.86. The summed E-state index contributed by atoms with van der Waals surface area (Å²) >= 11 is 0. The average molecular weight is 538 g/mol. The highest BCUT2D eigenvalue weighted by Crippen LogP contribution is 2.40. The van der Waals surface area contributed by atoms with Gasteiger partial charge in [0, 0.05) is 28.8 Å². The zero-order valence-corrected chi connectivity index (χ0v) is 20.7. The normalized spacial score (nSPS) is 14.6. The van der Waals surface area contributed by atoms with Crippen molar-refractivity contribution in [3.8, 4) is 6.07 Å². The quantitative estimate of drug-likeness (QED) is 0.205. The van der Waals surface area contributed by atoms with E-state index in [1.54, 1.807) is 13.8 Å². The molecule has 0 fully saturated rings. The number of nitrogens with zero attached hydrogens (tertiary/aromatic N) is 3. The first-order valence-corrected chi connectivity index (χ1v) is 11.6. The number of benzene rings is 2. The molecule has 5 N–H and O–H groups in total. The van der Waals surface area contributed by atoms with Gasteiger partial charge in [-0.2, -0.15) is 23.5 Å². The van der Waals surface area contributed by atoms with Gasteiger partial charge in [-0.25, -0.2) is 9.48 Å². The van der Waals surface area contributed by atoms with Crippen LogP contribution in [0.4, 0.5) is 30.4 Å². The van der Waals surface area contributed by atoms with E-state index in [9.17, 15) is 28.0 Å². The fraction of sp³-hybridized carbons (Fsp3) is 0.192. The zero-order chi connectivity index (χ0) is 28.5. The maximum atomic E-state index is 13.6. The highest BCUT2D eigenvalue weighted by atomic mass is 19.4. The van der Waals surface area contributed by atoms with Crippen LogP contribution in [0.5, 0.6) is 0 Å². The summed E-state index contributed by atoms with van der Waals surface area (Å²) in [4.78, 5) is 26.1. The van der Waals surface area contributed by atoms with E-state index in [-0.39, 0.29) is 40.5 Å². The van der Waals surface area contributed by atoms with Gasteiger partial charge in [0.15, 0.2) is 5.69 Å². The number of allylic oxidation sites excluding steroid dienone is 1. The first kappa shape index (κ1) is 26.9. The van der Waals surface area contributed by atoms with Crippen LogP contribution in [0.15, 0.2) is 53.7 Å². The van der Waals surface area contributed by atoms with Crippen LogP contribution in [0.3, 0.4) is 0 Å². The Morgan fingerprint density at radius 3 is 2.56 bits per heavy atom. The van der Waals surface area contributed by atoms with Gasteiger partial charge in [-0.1, -0.05) is 12.1 Å². The maximum Gasteiger partial charge on any atom is 0.416 e. The van der Waals surface area contributed by atoms with Crippen LogP contribution in [0.2, 0.25) is 0 Å². The summed E-state index contributed by atoms with van der Waals surface area (Å²) in [5, 5.41) is 27.2. The molecule has 4 rings (SSSR count). The van der Waals surface area contributed by atoms with E-state index in [0.29, 0.717) is 16.9 Å². The smallest absolute Gasteiger partial charge is 0.416 e. The Morgan fingerprint density at radius 2 is 1.97 bits per heavy atom. The second-order valence-electron chi connectivity index (χ2n) is 8.48. The minimum absolute atomic E-state index is 0.0198. The SMILES string of the molecule is CCOC(=O)c1nn2c(c1C#N)NC(C)=C(C(=O)Nc1ccc(N)c(C=N)c1)C2c1ccc(C(F)(F)F)cc1.